The van der Waals surface area contributed by atoms with Crippen molar-refractivity contribution >= 4 is 24.6 Å². The van der Waals surface area contributed by atoms with Gasteiger partial charge in [-0.05, 0) is 12.8 Å². The van der Waals surface area contributed by atoms with Crippen LogP contribution in [0.3, 0.4) is 0 Å². The summed E-state index contributed by atoms with van der Waals surface area (Å²) in [6.07, 6.45) is 3.56. The largest absolute Gasteiger partial charge is 0.466 e. The molecule has 0 aliphatic rings. The topological polar surface area (TPSA) is 52.6 Å². The predicted octanol–water partition coefficient (Wildman–Crippen LogP) is 2.36. The molecule has 0 saturated carbocycles. The number of hydrogen-bond donors (Lipinski definition) is 1. The minimum atomic E-state index is -0.721. The molecule has 0 unspecified atom stereocenters. The summed E-state index contributed by atoms with van der Waals surface area (Å²) in [5.74, 6) is -0.847. The zero-order chi connectivity index (χ0) is 13.1. The molecule has 0 aliphatic carbocycles. The van der Waals surface area contributed by atoms with Crippen LogP contribution in [0, 0.1) is 0 Å². The van der Waals surface area contributed by atoms with E-state index in [-0.39, 0.29) is 6.42 Å². The molecule has 0 aromatic rings. The van der Waals surface area contributed by atoms with E-state index in [1.165, 1.54) is 0 Å². The van der Waals surface area contributed by atoms with Gasteiger partial charge in [-0.15, -0.1) is 0 Å². The normalized spacial score (nSPS) is 11.9. The fraction of sp³-hybridized carbons (Fsp3) is 0.833. The number of ether oxygens (including phenoxy) is 2. The Labute approximate surface area is 108 Å². The second-order valence-electron chi connectivity index (χ2n) is 3.81. The molecule has 0 fully saturated rings. The van der Waals surface area contributed by atoms with E-state index in [2.05, 4.69) is 12.6 Å². The van der Waals surface area contributed by atoms with E-state index in [0.717, 1.165) is 25.7 Å². The van der Waals surface area contributed by atoms with Crippen molar-refractivity contribution in [2.75, 3.05) is 13.2 Å². The number of hydrogen-bond acceptors (Lipinski definition) is 5. The molecule has 17 heavy (non-hydrogen) atoms. The minimum Gasteiger partial charge on any atom is -0.466 e. The third-order valence-corrected chi connectivity index (χ3v) is 2.53. The Kier molecular flexibility index (Phi) is 10.0. The van der Waals surface area contributed by atoms with Crippen LogP contribution in [0.15, 0.2) is 0 Å². The molecular weight excluding hydrogens is 240 g/mol. The first kappa shape index (κ1) is 16.3. The van der Waals surface area contributed by atoms with E-state index >= 15 is 0 Å². The van der Waals surface area contributed by atoms with E-state index in [4.69, 9.17) is 9.47 Å². The third-order valence-electron chi connectivity index (χ3n) is 2.14. The first-order chi connectivity index (χ1) is 8.11. The van der Waals surface area contributed by atoms with Gasteiger partial charge in [-0.3, -0.25) is 9.59 Å². The second-order valence-corrected chi connectivity index (χ2v) is 4.44. The lowest BCUT2D eigenvalue weighted by Crippen LogP contribution is -2.23. The van der Waals surface area contributed by atoms with Gasteiger partial charge in [0.15, 0.2) is 0 Å². The van der Waals surface area contributed by atoms with Crippen molar-refractivity contribution in [1.82, 2.24) is 0 Å². The van der Waals surface area contributed by atoms with Crippen LogP contribution in [0.2, 0.25) is 0 Å². The molecule has 0 heterocycles. The van der Waals surface area contributed by atoms with Gasteiger partial charge in [0.1, 0.15) is 5.25 Å². The Hall–Kier alpha value is -0.710. The third kappa shape index (κ3) is 9.03. The maximum atomic E-state index is 11.4. The smallest absolute Gasteiger partial charge is 0.319 e. The van der Waals surface area contributed by atoms with Crippen molar-refractivity contribution in [3.05, 3.63) is 0 Å². The SMILES string of the molecule is CCCCOC(=O)C[C@@H](S)C(=O)OCCCC. The fourth-order valence-electron chi connectivity index (χ4n) is 1.04. The van der Waals surface area contributed by atoms with Crippen LogP contribution in [-0.2, 0) is 19.1 Å². The van der Waals surface area contributed by atoms with Crippen molar-refractivity contribution in [3.63, 3.8) is 0 Å². The Balaban J connectivity index is 3.71. The molecule has 0 aliphatic heterocycles. The number of carbonyl (C=O) groups excluding carboxylic acids is 2. The van der Waals surface area contributed by atoms with Crippen LogP contribution in [0.1, 0.15) is 46.0 Å². The van der Waals surface area contributed by atoms with Crippen molar-refractivity contribution in [3.8, 4) is 0 Å². The molecule has 1 atom stereocenters. The molecule has 0 amide bonds. The van der Waals surface area contributed by atoms with Gasteiger partial charge in [0.05, 0.1) is 19.6 Å². The Morgan fingerprint density at radius 1 is 1.06 bits per heavy atom. The van der Waals surface area contributed by atoms with Gasteiger partial charge in [-0.1, -0.05) is 26.7 Å². The van der Waals surface area contributed by atoms with E-state index in [9.17, 15) is 9.59 Å². The molecule has 0 aromatic carbocycles. The average Bonchev–Trinajstić information content (AvgIpc) is 2.29. The average molecular weight is 262 g/mol. The Morgan fingerprint density at radius 3 is 2.12 bits per heavy atom. The Morgan fingerprint density at radius 2 is 1.59 bits per heavy atom. The van der Waals surface area contributed by atoms with Crippen LogP contribution in [0.4, 0.5) is 0 Å². The van der Waals surface area contributed by atoms with Gasteiger partial charge in [-0.25, -0.2) is 0 Å². The van der Waals surface area contributed by atoms with Gasteiger partial charge in [0, 0.05) is 0 Å². The summed E-state index contributed by atoms with van der Waals surface area (Å²) in [5.41, 5.74) is 0. The summed E-state index contributed by atoms with van der Waals surface area (Å²) in [7, 11) is 0. The van der Waals surface area contributed by atoms with Crippen molar-refractivity contribution < 1.29 is 19.1 Å². The lowest BCUT2D eigenvalue weighted by molar-refractivity contribution is -0.149. The molecule has 0 radical (unpaired) electrons. The van der Waals surface area contributed by atoms with Crippen molar-refractivity contribution in [2.24, 2.45) is 0 Å². The number of carbonyl (C=O) groups is 2. The molecule has 4 nitrogen and oxygen atoms in total. The molecule has 0 N–H and O–H groups in total. The maximum absolute atomic E-state index is 11.4. The Bertz CT molecular complexity index is 231. The van der Waals surface area contributed by atoms with Gasteiger partial charge < -0.3 is 9.47 Å². The summed E-state index contributed by atoms with van der Waals surface area (Å²) in [4.78, 5) is 22.7. The number of rotatable bonds is 9. The molecule has 100 valence electrons. The summed E-state index contributed by atoms with van der Waals surface area (Å²) < 4.78 is 9.88. The molecule has 0 spiro atoms. The highest BCUT2D eigenvalue weighted by atomic mass is 32.1. The van der Waals surface area contributed by atoms with Gasteiger partial charge >= 0.3 is 11.9 Å². The van der Waals surface area contributed by atoms with Crippen molar-refractivity contribution in [1.29, 1.82) is 0 Å². The molecular formula is C12H22O4S. The van der Waals surface area contributed by atoms with Gasteiger partial charge in [-0.2, -0.15) is 12.6 Å². The highest BCUT2D eigenvalue weighted by Gasteiger charge is 2.19. The first-order valence-electron chi connectivity index (χ1n) is 6.12. The van der Waals surface area contributed by atoms with Gasteiger partial charge in [0.25, 0.3) is 0 Å². The van der Waals surface area contributed by atoms with E-state index in [0.29, 0.717) is 13.2 Å². The van der Waals surface area contributed by atoms with Crippen LogP contribution in [0.25, 0.3) is 0 Å². The highest BCUT2D eigenvalue weighted by Crippen LogP contribution is 2.06. The molecule has 5 heteroatoms. The zero-order valence-electron chi connectivity index (χ0n) is 10.6. The summed E-state index contributed by atoms with van der Waals surface area (Å²) >= 11 is 4.04. The number of unbranched alkanes of at least 4 members (excludes halogenated alkanes) is 2. The van der Waals surface area contributed by atoms with Crippen LogP contribution in [-0.4, -0.2) is 30.4 Å². The maximum Gasteiger partial charge on any atom is 0.319 e. The summed E-state index contributed by atoms with van der Waals surface area (Å²) in [5, 5.41) is -0.721. The van der Waals surface area contributed by atoms with Crippen LogP contribution >= 0.6 is 12.6 Å². The second kappa shape index (κ2) is 10.4. The van der Waals surface area contributed by atoms with Gasteiger partial charge in [0.2, 0.25) is 0 Å². The van der Waals surface area contributed by atoms with Crippen LogP contribution < -0.4 is 0 Å². The van der Waals surface area contributed by atoms with Crippen LogP contribution in [0.5, 0.6) is 0 Å². The van der Waals surface area contributed by atoms with E-state index in [1.54, 1.807) is 0 Å². The number of esters is 2. The highest BCUT2D eigenvalue weighted by molar-refractivity contribution is 7.81. The fourth-order valence-corrected chi connectivity index (χ4v) is 1.27. The molecule has 0 rings (SSSR count). The zero-order valence-corrected chi connectivity index (χ0v) is 11.5. The lowest BCUT2D eigenvalue weighted by atomic mass is 10.3. The molecule has 0 aromatic heterocycles. The number of thiol groups is 1. The van der Waals surface area contributed by atoms with E-state index in [1.807, 2.05) is 13.8 Å². The quantitative estimate of drug-likeness (QED) is 0.394. The summed E-state index contributed by atoms with van der Waals surface area (Å²) in [6, 6.07) is 0. The van der Waals surface area contributed by atoms with E-state index < -0.39 is 17.2 Å². The van der Waals surface area contributed by atoms with Crippen molar-refractivity contribution in [2.45, 2.75) is 51.2 Å². The summed E-state index contributed by atoms with van der Waals surface area (Å²) in [6.45, 7) is 4.81. The predicted molar refractivity (Wildman–Crippen MR) is 69.1 cm³/mol. The lowest BCUT2D eigenvalue weighted by Gasteiger charge is -2.10. The molecule has 0 saturated heterocycles. The first-order valence-corrected chi connectivity index (χ1v) is 6.63. The molecule has 0 bridgehead atoms. The monoisotopic (exact) mass is 262 g/mol. The standard InChI is InChI=1S/C12H22O4S/c1-3-5-7-15-11(13)9-10(17)12(14)16-8-6-4-2/h10,17H,3-9H2,1-2H3/t10-/m1/s1. The minimum absolute atomic E-state index is 0.0300.